The molecule has 38 heavy (non-hydrogen) atoms. The molecule has 9 nitrogen and oxygen atoms in total. The Hall–Kier alpha value is -4.12. The summed E-state index contributed by atoms with van der Waals surface area (Å²) in [5, 5.41) is 16.7. The first-order valence-electron chi connectivity index (χ1n) is 11.9. The summed E-state index contributed by atoms with van der Waals surface area (Å²) in [5.74, 6) is 0.169. The van der Waals surface area contributed by atoms with Gasteiger partial charge < -0.3 is 9.47 Å². The number of benzene rings is 3. The highest BCUT2D eigenvalue weighted by molar-refractivity contribution is 9.10. The van der Waals surface area contributed by atoms with Crippen LogP contribution in [0.25, 0.3) is 10.9 Å². The van der Waals surface area contributed by atoms with E-state index in [9.17, 15) is 19.3 Å². The first-order chi connectivity index (χ1) is 18.3. The monoisotopic (exact) mass is 582 g/mol. The fraction of sp³-hybridized carbons (Fsp3) is 0.222. The number of halogens is 2. The number of nitro groups is 1. The predicted molar refractivity (Wildman–Crippen MR) is 146 cm³/mol. The van der Waals surface area contributed by atoms with E-state index in [-0.39, 0.29) is 36.0 Å². The molecule has 11 heteroatoms. The number of fused-ring (bicyclic) bond motifs is 1. The third-order valence-electron chi connectivity index (χ3n) is 5.52. The van der Waals surface area contributed by atoms with Gasteiger partial charge in [-0.3, -0.25) is 14.9 Å². The van der Waals surface area contributed by atoms with Crippen molar-refractivity contribution in [2.75, 3.05) is 6.61 Å². The lowest BCUT2D eigenvalue weighted by Crippen LogP contribution is -2.22. The quantitative estimate of drug-likeness (QED) is 0.128. The van der Waals surface area contributed by atoms with Gasteiger partial charge in [0.2, 0.25) is 5.75 Å². The lowest BCUT2D eigenvalue weighted by Gasteiger charge is -2.13. The van der Waals surface area contributed by atoms with Gasteiger partial charge in [-0.05, 0) is 55.3 Å². The van der Waals surface area contributed by atoms with Gasteiger partial charge in [-0.1, -0.05) is 35.0 Å². The second kappa shape index (κ2) is 12.0. The molecule has 0 N–H and O–H groups in total. The van der Waals surface area contributed by atoms with Crippen LogP contribution >= 0.6 is 15.9 Å². The van der Waals surface area contributed by atoms with Gasteiger partial charge in [-0.2, -0.15) is 9.78 Å². The van der Waals surface area contributed by atoms with E-state index >= 15 is 0 Å². The molecule has 0 aliphatic carbocycles. The van der Waals surface area contributed by atoms with Crippen LogP contribution < -0.4 is 15.0 Å². The van der Waals surface area contributed by atoms with E-state index in [2.05, 4.69) is 26.0 Å². The molecule has 4 aromatic rings. The second-order valence-corrected chi connectivity index (χ2v) is 9.19. The fourth-order valence-electron chi connectivity index (χ4n) is 3.79. The third kappa shape index (κ3) is 6.05. The van der Waals surface area contributed by atoms with Crippen molar-refractivity contribution in [1.82, 2.24) is 9.66 Å². The maximum absolute atomic E-state index is 13.2. The summed E-state index contributed by atoms with van der Waals surface area (Å²) < 4.78 is 26.6. The molecule has 1 heterocycles. The van der Waals surface area contributed by atoms with Crippen LogP contribution in [-0.4, -0.2) is 27.4 Å². The number of nitro benzene ring substituents is 1. The summed E-state index contributed by atoms with van der Waals surface area (Å²) in [6.07, 6.45) is 2.61. The smallest absolute Gasteiger partial charge is 0.315 e. The van der Waals surface area contributed by atoms with Crippen molar-refractivity contribution >= 4 is 38.7 Å². The zero-order chi connectivity index (χ0) is 27.2. The molecule has 0 bridgehead atoms. The molecule has 0 atom stereocenters. The molecular formula is C27H24BrFN4O5. The molecule has 196 valence electrons. The Morgan fingerprint density at radius 3 is 2.58 bits per heavy atom. The lowest BCUT2D eigenvalue weighted by atomic mass is 10.1. The largest absolute Gasteiger partial charge is 0.490 e. The Morgan fingerprint density at radius 1 is 1.13 bits per heavy atom. The van der Waals surface area contributed by atoms with Gasteiger partial charge >= 0.3 is 5.69 Å². The van der Waals surface area contributed by atoms with Crippen LogP contribution in [0.2, 0.25) is 0 Å². The number of rotatable bonds is 10. The van der Waals surface area contributed by atoms with E-state index in [1.165, 1.54) is 41.2 Å². The molecular weight excluding hydrogens is 559 g/mol. The van der Waals surface area contributed by atoms with Crippen LogP contribution in [0.4, 0.5) is 10.1 Å². The van der Waals surface area contributed by atoms with E-state index in [1.807, 2.05) is 13.0 Å². The highest BCUT2D eigenvalue weighted by Gasteiger charge is 2.23. The van der Waals surface area contributed by atoms with Crippen LogP contribution in [0.3, 0.4) is 0 Å². The van der Waals surface area contributed by atoms with Crippen LogP contribution in [0.1, 0.15) is 37.2 Å². The van der Waals surface area contributed by atoms with E-state index < -0.39 is 10.7 Å². The molecule has 0 aliphatic heterocycles. The molecule has 0 aliphatic rings. The molecule has 0 saturated heterocycles. The first-order valence-corrected chi connectivity index (χ1v) is 12.7. The van der Waals surface area contributed by atoms with E-state index in [0.717, 1.165) is 10.9 Å². The van der Waals surface area contributed by atoms with Crippen molar-refractivity contribution < 1.29 is 18.8 Å². The maximum atomic E-state index is 13.2. The molecule has 0 radical (unpaired) electrons. The molecule has 0 saturated carbocycles. The summed E-state index contributed by atoms with van der Waals surface area (Å²) in [6, 6.07) is 13.7. The summed E-state index contributed by atoms with van der Waals surface area (Å²) in [5.41, 5.74) is 0.839. The summed E-state index contributed by atoms with van der Waals surface area (Å²) >= 11 is 3.38. The Labute approximate surface area is 225 Å². The molecule has 0 fully saturated rings. The summed E-state index contributed by atoms with van der Waals surface area (Å²) in [7, 11) is 0. The fourth-order valence-corrected chi connectivity index (χ4v) is 4.15. The standard InChI is InChI=1S/C27H24BrFN4O5/c1-3-5-25-31-22-11-8-19(28)14-21(22)27(34)32(25)30-15-18-12-23(33(35)36)26(24(13-18)37-4-2)38-16-17-6-9-20(29)10-7-17/h6-15H,3-5,16H2,1-2H3. The Morgan fingerprint density at radius 2 is 1.89 bits per heavy atom. The maximum Gasteiger partial charge on any atom is 0.315 e. The van der Waals surface area contributed by atoms with Gasteiger partial charge in [0, 0.05) is 22.5 Å². The van der Waals surface area contributed by atoms with E-state index in [0.29, 0.717) is 34.3 Å². The van der Waals surface area contributed by atoms with Crippen LogP contribution in [0, 0.1) is 15.9 Å². The van der Waals surface area contributed by atoms with Crippen molar-refractivity contribution in [2.45, 2.75) is 33.3 Å². The van der Waals surface area contributed by atoms with Crippen molar-refractivity contribution in [3.05, 3.63) is 102 Å². The van der Waals surface area contributed by atoms with Gasteiger partial charge in [0.25, 0.3) is 5.56 Å². The molecule has 3 aromatic carbocycles. The molecule has 0 spiro atoms. The van der Waals surface area contributed by atoms with E-state index in [4.69, 9.17) is 9.47 Å². The number of hydrogen-bond acceptors (Lipinski definition) is 7. The second-order valence-electron chi connectivity index (χ2n) is 8.27. The van der Waals surface area contributed by atoms with Gasteiger partial charge in [-0.15, -0.1) is 0 Å². The Balaban J connectivity index is 1.75. The van der Waals surface area contributed by atoms with Gasteiger partial charge in [0.15, 0.2) is 5.75 Å². The summed E-state index contributed by atoms with van der Waals surface area (Å²) in [6.45, 7) is 3.91. The highest BCUT2D eigenvalue weighted by Crippen LogP contribution is 2.39. The average molecular weight is 583 g/mol. The topological polar surface area (TPSA) is 109 Å². The highest BCUT2D eigenvalue weighted by atomic mass is 79.9. The van der Waals surface area contributed by atoms with E-state index in [1.54, 1.807) is 25.1 Å². The zero-order valence-corrected chi connectivity index (χ0v) is 22.3. The number of nitrogens with zero attached hydrogens (tertiary/aromatic N) is 4. The molecule has 0 amide bonds. The van der Waals surface area contributed by atoms with Gasteiger partial charge in [0.05, 0.1) is 28.6 Å². The van der Waals surface area contributed by atoms with Crippen LogP contribution in [0.5, 0.6) is 11.5 Å². The Kier molecular flexibility index (Phi) is 8.47. The minimum absolute atomic E-state index is 0.0251. The van der Waals surface area contributed by atoms with Gasteiger partial charge in [0.1, 0.15) is 18.2 Å². The van der Waals surface area contributed by atoms with Crippen molar-refractivity contribution in [1.29, 1.82) is 0 Å². The lowest BCUT2D eigenvalue weighted by molar-refractivity contribution is -0.386. The Bertz CT molecular complexity index is 1570. The number of aromatic nitrogens is 2. The summed E-state index contributed by atoms with van der Waals surface area (Å²) in [4.78, 5) is 29.2. The van der Waals surface area contributed by atoms with Crippen molar-refractivity contribution in [2.24, 2.45) is 5.10 Å². The van der Waals surface area contributed by atoms with Crippen LogP contribution in [0.15, 0.2) is 69.0 Å². The zero-order valence-electron chi connectivity index (χ0n) is 20.7. The minimum Gasteiger partial charge on any atom is -0.490 e. The minimum atomic E-state index is -0.580. The third-order valence-corrected chi connectivity index (χ3v) is 6.02. The predicted octanol–water partition coefficient (Wildman–Crippen LogP) is 6.02. The van der Waals surface area contributed by atoms with Gasteiger partial charge in [-0.25, -0.2) is 9.37 Å². The van der Waals surface area contributed by atoms with Crippen molar-refractivity contribution in [3.8, 4) is 11.5 Å². The average Bonchev–Trinajstić information content (AvgIpc) is 2.89. The molecule has 0 unspecified atom stereocenters. The SMILES string of the molecule is CCCc1nc2ccc(Br)cc2c(=O)n1N=Cc1cc(OCC)c(OCc2ccc(F)cc2)c([N+](=O)[O-])c1. The molecule has 4 rings (SSSR count). The molecule has 1 aromatic heterocycles. The van der Waals surface area contributed by atoms with Crippen LogP contribution in [-0.2, 0) is 13.0 Å². The normalized spacial score (nSPS) is 11.3. The number of aryl methyl sites for hydroxylation is 1. The van der Waals surface area contributed by atoms with Crippen molar-refractivity contribution in [3.63, 3.8) is 0 Å². The number of ether oxygens (including phenoxy) is 2. The first kappa shape index (κ1) is 26.9. The number of hydrogen-bond donors (Lipinski definition) is 0.